The number of allylic oxidation sites excluding steroid dienone is 1. The van der Waals surface area contributed by atoms with Crippen LogP contribution in [0.3, 0.4) is 0 Å². The van der Waals surface area contributed by atoms with Crippen LogP contribution in [0.5, 0.6) is 0 Å². The van der Waals surface area contributed by atoms with E-state index in [1.165, 1.54) is 44.6 Å². The molecule has 1 atom stereocenters. The lowest BCUT2D eigenvalue weighted by molar-refractivity contribution is -0.928. The van der Waals surface area contributed by atoms with Crippen LogP contribution in [0.1, 0.15) is 66.2 Å². The van der Waals surface area contributed by atoms with Crippen molar-refractivity contribution in [3.8, 4) is 0 Å². The van der Waals surface area contributed by atoms with Gasteiger partial charge in [0.1, 0.15) is 19.8 Å². The molecule has 1 unspecified atom stereocenters. The zero-order valence-corrected chi connectivity index (χ0v) is 18.7. The average Bonchev–Trinajstić information content (AvgIpc) is 2.66. The van der Waals surface area contributed by atoms with Gasteiger partial charge in [-0.3, -0.25) is 0 Å². The Labute approximate surface area is 166 Å². The summed E-state index contributed by atoms with van der Waals surface area (Å²) in [4.78, 5) is 11.2. The van der Waals surface area contributed by atoms with E-state index in [2.05, 4.69) is 20.8 Å². The first-order chi connectivity index (χ1) is 13.0. The van der Waals surface area contributed by atoms with E-state index in [1.54, 1.807) is 13.0 Å². The fourth-order valence-electron chi connectivity index (χ4n) is 2.94. The predicted molar refractivity (Wildman–Crippen MR) is 110 cm³/mol. The van der Waals surface area contributed by atoms with Crippen molar-refractivity contribution in [2.24, 2.45) is 0 Å². The van der Waals surface area contributed by atoms with Crippen LogP contribution < -0.4 is 0 Å². The van der Waals surface area contributed by atoms with Gasteiger partial charge in [-0.15, -0.1) is 9.05 Å². The summed E-state index contributed by atoms with van der Waals surface area (Å²) in [6.45, 7) is 13.3. The second-order valence-corrected chi connectivity index (χ2v) is 7.82. The largest absolute Gasteiger partial charge is 0.697 e. The van der Waals surface area contributed by atoms with Crippen molar-refractivity contribution in [3.05, 3.63) is 12.2 Å². The van der Waals surface area contributed by atoms with Gasteiger partial charge in [-0.1, -0.05) is 46.1 Å². The van der Waals surface area contributed by atoms with Crippen LogP contribution in [-0.2, 0) is 23.1 Å². The van der Waals surface area contributed by atoms with Crippen LogP contribution in [0.25, 0.3) is 0 Å². The molecule has 0 aromatic heterocycles. The molecule has 0 fully saturated rings. The molecule has 158 valence electrons. The minimum absolute atomic E-state index is 0.0666. The summed E-state index contributed by atoms with van der Waals surface area (Å²) in [7, 11) is -2.18. The van der Waals surface area contributed by atoms with Crippen molar-refractivity contribution in [2.45, 2.75) is 66.2 Å². The molecule has 0 aromatic rings. The Morgan fingerprint density at radius 1 is 0.852 bits per heavy atom. The van der Waals surface area contributed by atoms with Crippen LogP contribution >= 0.6 is 8.25 Å². The lowest BCUT2D eigenvalue weighted by Gasteiger charge is -2.38. The van der Waals surface area contributed by atoms with Gasteiger partial charge in [0.2, 0.25) is 0 Å². The molecule has 0 N–H and O–H groups in total. The molecule has 0 aliphatic rings. The Kier molecular flexibility index (Phi) is 16.8. The van der Waals surface area contributed by atoms with Crippen molar-refractivity contribution >= 4 is 14.2 Å². The molecule has 0 spiro atoms. The maximum atomic E-state index is 11.9. The molecule has 0 amide bonds. The van der Waals surface area contributed by atoms with Gasteiger partial charge >= 0.3 is 14.2 Å². The molecule has 0 saturated heterocycles. The van der Waals surface area contributed by atoms with Gasteiger partial charge in [-0.25, -0.2) is 4.79 Å². The number of rotatable bonds is 18. The number of hydrogen-bond donors (Lipinski definition) is 0. The number of esters is 1. The van der Waals surface area contributed by atoms with Crippen LogP contribution in [0.4, 0.5) is 0 Å². The Morgan fingerprint density at radius 2 is 1.37 bits per heavy atom. The highest BCUT2D eigenvalue weighted by Gasteiger charge is 2.29. The Balaban J connectivity index is 4.33. The van der Waals surface area contributed by atoms with Crippen LogP contribution in [0, 0.1) is 0 Å². The average molecular weight is 406 g/mol. The van der Waals surface area contributed by atoms with E-state index < -0.39 is 14.2 Å². The fraction of sp³-hybridized carbons (Fsp3) is 0.850. The van der Waals surface area contributed by atoms with Gasteiger partial charge < -0.3 is 9.22 Å². The maximum Gasteiger partial charge on any atom is 0.697 e. The van der Waals surface area contributed by atoms with E-state index in [0.29, 0.717) is 6.61 Å². The van der Waals surface area contributed by atoms with Gasteiger partial charge in [0, 0.05) is 10.6 Å². The van der Waals surface area contributed by atoms with E-state index in [0.717, 1.165) is 30.7 Å². The van der Waals surface area contributed by atoms with E-state index in [9.17, 15) is 9.36 Å². The highest BCUT2D eigenvalue weighted by Crippen LogP contribution is 2.24. The van der Waals surface area contributed by atoms with Gasteiger partial charge in [-0.05, 0) is 26.2 Å². The molecule has 0 rings (SSSR count). The van der Waals surface area contributed by atoms with Gasteiger partial charge in [-0.2, -0.15) is 0 Å². The summed E-state index contributed by atoms with van der Waals surface area (Å²) < 4.78 is 28.3. The van der Waals surface area contributed by atoms with E-state index in [1.807, 2.05) is 0 Å². The van der Waals surface area contributed by atoms with E-state index in [-0.39, 0.29) is 13.2 Å². The van der Waals surface area contributed by atoms with Crippen molar-refractivity contribution in [3.63, 3.8) is 0 Å². The van der Waals surface area contributed by atoms with Crippen molar-refractivity contribution in [1.29, 1.82) is 0 Å². The first-order valence-corrected chi connectivity index (χ1v) is 11.5. The van der Waals surface area contributed by atoms with Crippen molar-refractivity contribution < 1.29 is 27.6 Å². The first-order valence-electron chi connectivity index (χ1n) is 10.4. The highest BCUT2D eigenvalue weighted by molar-refractivity contribution is 7.33. The number of nitrogens with zero attached hydrogens (tertiary/aromatic N) is 1. The summed E-state index contributed by atoms with van der Waals surface area (Å²) in [5.41, 5.74) is 0. The Hall–Kier alpha value is -0.810. The first kappa shape index (κ1) is 26.2. The predicted octanol–water partition coefficient (Wildman–Crippen LogP) is 5.01. The molecule has 0 radical (unpaired) electrons. The molecule has 0 aliphatic heterocycles. The quantitative estimate of drug-likeness (QED) is 0.105. The number of carbonyl (C=O) groups is 1. The zero-order valence-electron chi connectivity index (χ0n) is 17.8. The number of quaternary nitrogens is 1. The summed E-state index contributed by atoms with van der Waals surface area (Å²) in [5, 5.41) is 0. The Morgan fingerprint density at radius 3 is 1.85 bits per heavy atom. The monoisotopic (exact) mass is 405 g/mol. The fourth-order valence-corrected chi connectivity index (χ4v) is 3.46. The van der Waals surface area contributed by atoms with Gasteiger partial charge in [0.05, 0.1) is 19.6 Å². The molecule has 0 bridgehead atoms. The third kappa shape index (κ3) is 13.9. The molecule has 0 aromatic carbocycles. The molecule has 6 nitrogen and oxygen atoms in total. The third-order valence-corrected chi connectivity index (χ3v) is 5.33. The summed E-state index contributed by atoms with van der Waals surface area (Å²) in [6.07, 6.45) is 10.1. The lowest BCUT2D eigenvalue weighted by atomic mass is 10.1. The molecule has 0 saturated carbocycles. The van der Waals surface area contributed by atoms with E-state index >= 15 is 0 Å². The Bertz CT molecular complexity index is 407. The molecular weight excluding hydrogens is 365 g/mol. The summed E-state index contributed by atoms with van der Waals surface area (Å²) in [5.74, 6) is -0.429. The van der Waals surface area contributed by atoms with Crippen LogP contribution in [0.2, 0.25) is 0 Å². The number of carbonyl (C=O) groups excluding carboxylic acids is 1. The molecule has 0 aliphatic carbocycles. The van der Waals surface area contributed by atoms with Crippen molar-refractivity contribution in [1.82, 2.24) is 0 Å². The minimum Gasteiger partial charge on any atom is -0.460 e. The number of ether oxygens (including phenoxy) is 1. The molecule has 27 heavy (non-hydrogen) atoms. The molecule has 0 heterocycles. The SMILES string of the molecule is CC=CC(=O)OCCO[P+](=O)OCC[N+](CCCC)(CCCC)CCCC. The standard InChI is InChI=1S/C20H40NO5P/c1-5-9-13-21(14-10-6-2,15-11-7-3)16-17-25-27(23)26-19-18-24-20(22)12-8-4/h8,12H,5-7,9-11,13-19H2,1-4H3/q+2. The number of hydrogen-bond acceptors (Lipinski definition) is 5. The smallest absolute Gasteiger partial charge is 0.460 e. The molecular formula is C20H40NO5P+2. The van der Waals surface area contributed by atoms with E-state index in [4.69, 9.17) is 13.8 Å². The number of unbranched alkanes of at least 4 members (excludes halogenated alkanes) is 3. The second-order valence-electron chi connectivity index (χ2n) is 6.85. The third-order valence-electron chi connectivity index (χ3n) is 4.55. The zero-order chi connectivity index (χ0) is 20.4. The van der Waals surface area contributed by atoms with Gasteiger partial charge in [0.15, 0.2) is 6.61 Å². The summed E-state index contributed by atoms with van der Waals surface area (Å²) in [6, 6.07) is 0. The van der Waals surface area contributed by atoms with Crippen LogP contribution in [0.15, 0.2) is 12.2 Å². The minimum atomic E-state index is -2.18. The highest BCUT2D eigenvalue weighted by atomic mass is 31.1. The van der Waals surface area contributed by atoms with Gasteiger partial charge in [0.25, 0.3) is 0 Å². The lowest BCUT2D eigenvalue weighted by Crippen LogP contribution is -2.51. The van der Waals surface area contributed by atoms with Crippen LogP contribution in [-0.4, -0.2) is 56.5 Å². The summed E-state index contributed by atoms with van der Waals surface area (Å²) >= 11 is 0. The van der Waals surface area contributed by atoms with Crippen molar-refractivity contribution in [2.75, 3.05) is 46.0 Å². The maximum absolute atomic E-state index is 11.9. The molecule has 7 heteroatoms. The normalized spacial score (nSPS) is 12.5. The second kappa shape index (κ2) is 17.3. The topological polar surface area (TPSA) is 61.8 Å².